The van der Waals surface area contributed by atoms with Crippen molar-refractivity contribution in [2.75, 3.05) is 13.3 Å². The first-order chi connectivity index (χ1) is 20.6. The predicted molar refractivity (Wildman–Crippen MR) is 171 cm³/mol. The largest absolute Gasteiger partial charge is 0.508 e. The molecule has 0 aliphatic heterocycles. The smallest absolute Gasteiger partial charge is 0.115 e. The molecule has 1 aromatic rings. The van der Waals surface area contributed by atoms with Crippen LogP contribution < -0.4 is 0 Å². The van der Waals surface area contributed by atoms with E-state index in [2.05, 4.69) is 49.4 Å². The summed E-state index contributed by atoms with van der Waals surface area (Å²) in [7, 11) is 0. The molecule has 0 spiro atoms. The number of aryl methyl sites for hydroxylation is 1. The highest BCUT2D eigenvalue weighted by atomic mass is 19.1. The molecule has 0 amide bonds. The average Bonchev–Trinajstić information content (AvgIpc) is 3.20. The van der Waals surface area contributed by atoms with Gasteiger partial charge in [-0.25, -0.2) is 0 Å². The highest BCUT2D eigenvalue weighted by Gasteiger charge is 2.30. The summed E-state index contributed by atoms with van der Waals surface area (Å²) >= 11 is 0. The minimum atomic E-state index is -0.177. The molecule has 0 heterocycles. The molecule has 3 nitrogen and oxygen atoms in total. The number of hydrogen-bond acceptors (Lipinski definition) is 3. The second-order valence-corrected chi connectivity index (χ2v) is 12.7. The number of fused-ring (bicyclic) bond motifs is 1. The number of phenolic OH excluding ortho intramolecular Hbond substituents is 1. The zero-order valence-corrected chi connectivity index (χ0v) is 25.8. The lowest BCUT2D eigenvalue weighted by atomic mass is 9.75. The van der Waals surface area contributed by atoms with Crippen molar-refractivity contribution in [1.82, 2.24) is 0 Å². The van der Waals surface area contributed by atoms with Crippen molar-refractivity contribution in [3.8, 4) is 5.75 Å². The first-order valence-corrected chi connectivity index (χ1v) is 16.8. The van der Waals surface area contributed by atoms with Crippen molar-refractivity contribution in [3.05, 3.63) is 82.7 Å². The summed E-state index contributed by atoms with van der Waals surface area (Å²) in [5.74, 6) is 2.87. The number of phenols is 1. The summed E-state index contributed by atoms with van der Waals surface area (Å²) in [5.41, 5.74) is 6.66. The average molecular weight is 575 g/mol. The van der Waals surface area contributed by atoms with E-state index < -0.39 is 0 Å². The van der Waals surface area contributed by atoms with Crippen molar-refractivity contribution in [2.24, 2.45) is 17.8 Å². The van der Waals surface area contributed by atoms with Crippen LogP contribution in [-0.2, 0) is 15.9 Å². The summed E-state index contributed by atoms with van der Waals surface area (Å²) in [6.07, 6.45) is 28.3. The Kier molecular flexibility index (Phi) is 11.2. The Balaban J connectivity index is 1.32. The monoisotopic (exact) mass is 574 g/mol. The molecule has 5 rings (SSSR count). The van der Waals surface area contributed by atoms with E-state index in [4.69, 9.17) is 9.47 Å². The van der Waals surface area contributed by atoms with Gasteiger partial charge in [-0.2, -0.15) is 0 Å². The molecule has 0 aromatic heterocycles. The molecule has 42 heavy (non-hydrogen) atoms. The fourth-order valence-electron chi connectivity index (χ4n) is 7.59. The van der Waals surface area contributed by atoms with Gasteiger partial charge in [-0.3, -0.25) is 4.39 Å². The maximum Gasteiger partial charge on any atom is 0.115 e. The Bertz CT molecular complexity index is 1200. The van der Waals surface area contributed by atoms with Gasteiger partial charge in [0.15, 0.2) is 0 Å². The summed E-state index contributed by atoms with van der Waals surface area (Å²) < 4.78 is 24.9. The van der Waals surface area contributed by atoms with Crippen molar-refractivity contribution >= 4 is 5.57 Å². The van der Waals surface area contributed by atoms with E-state index in [1.807, 2.05) is 19.1 Å². The van der Waals surface area contributed by atoms with E-state index in [0.717, 1.165) is 69.5 Å². The SMILES string of the molecule is CCOC1=CC(CC)C(C2=C(C3=CCC(OC4CCC(CCCCCF)CC4)C=C3)c3ccc(O)cc3CCC2)C=C1. The Morgan fingerprint density at radius 3 is 2.57 bits per heavy atom. The van der Waals surface area contributed by atoms with Crippen LogP contribution in [-0.4, -0.2) is 30.6 Å². The minimum absolute atomic E-state index is 0.128. The Labute approximate surface area is 253 Å². The van der Waals surface area contributed by atoms with E-state index in [0.29, 0.717) is 30.3 Å². The lowest BCUT2D eigenvalue weighted by Gasteiger charge is -2.32. The molecule has 1 aromatic carbocycles. The molecule has 1 saturated carbocycles. The number of aromatic hydroxyl groups is 1. The van der Waals surface area contributed by atoms with Crippen LogP contribution >= 0.6 is 0 Å². The highest BCUT2D eigenvalue weighted by molar-refractivity contribution is 5.87. The third-order valence-electron chi connectivity index (χ3n) is 9.82. The number of hydrogen-bond donors (Lipinski definition) is 1. The van der Waals surface area contributed by atoms with Crippen molar-refractivity contribution in [3.63, 3.8) is 0 Å². The Hall–Kier alpha value is -2.59. The van der Waals surface area contributed by atoms with Gasteiger partial charge in [0.2, 0.25) is 0 Å². The van der Waals surface area contributed by atoms with E-state index in [1.165, 1.54) is 53.5 Å². The quantitative estimate of drug-likeness (QED) is 0.253. The number of ether oxygens (including phenoxy) is 2. The second-order valence-electron chi connectivity index (χ2n) is 12.7. The first-order valence-electron chi connectivity index (χ1n) is 16.8. The van der Waals surface area contributed by atoms with Gasteiger partial charge in [-0.05, 0) is 130 Å². The number of allylic oxidation sites excluding steroid dienone is 7. The van der Waals surface area contributed by atoms with Crippen LogP contribution in [0.5, 0.6) is 5.75 Å². The van der Waals surface area contributed by atoms with Crippen molar-refractivity contribution in [1.29, 1.82) is 0 Å². The van der Waals surface area contributed by atoms with Gasteiger partial charge in [-0.15, -0.1) is 0 Å². The summed E-state index contributed by atoms with van der Waals surface area (Å²) in [5, 5.41) is 10.3. The van der Waals surface area contributed by atoms with Gasteiger partial charge in [0.25, 0.3) is 0 Å². The predicted octanol–water partition coefficient (Wildman–Crippen LogP) is 9.97. The van der Waals surface area contributed by atoms with Gasteiger partial charge in [0, 0.05) is 5.92 Å². The number of unbranched alkanes of at least 4 members (excludes halogenated alkanes) is 2. The normalized spacial score (nSPS) is 27.7. The number of rotatable bonds is 12. The maximum atomic E-state index is 12.4. The zero-order valence-electron chi connectivity index (χ0n) is 25.8. The molecule has 0 radical (unpaired) electrons. The zero-order chi connectivity index (χ0) is 29.3. The summed E-state index contributed by atoms with van der Waals surface area (Å²) in [4.78, 5) is 0. The minimum Gasteiger partial charge on any atom is -0.508 e. The van der Waals surface area contributed by atoms with Crippen molar-refractivity contribution < 1.29 is 19.0 Å². The number of halogens is 1. The van der Waals surface area contributed by atoms with Crippen LogP contribution in [0.25, 0.3) is 5.57 Å². The first kappa shape index (κ1) is 30.9. The topological polar surface area (TPSA) is 38.7 Å². The van der Waals surface area contributed by atoms with Crippen LogP contribution in [0, 0.1) is 17.8 Å². The van der Waals surface area contributed by atoms with Gasteiger partial charge >= 0.3 is 0 Å². The molecule has 4 heteroatoms. The molecule has 3 unspecified atom stereocenters. The maximum absolute atomic E-state index is 12.4. The highest BCUT2D eigenvalue weighted by Crippen LogP contribution is 2.45. The molecular weight excluding hydrogens is 523 g/mol. The van der Waals surface area contributed by atoms with Gasteiger partial charge in [0.1, 0.15) is 11.5 Å². The van der Waals surface area contributed by atoms with Crippen LogP contribution in [0.1, 0.15) is 102 Å². The van der Waals surface area contributed by atoms with E-state index in [1.54, 1.807) is 0 Å². The molecule has 0 bridgehead atoms. The van der Waals surface area contributed by atoms with Crippen LogP contribution in [0.15, 0.2) is 71.6 Å². The molecule has 4 aliphatic carbocycles. The standard InChI is InChI=1S/C38H51FO3/c1-3-28-26-34(41-4-2)21-23-35(28)37-11-8-10-30-25-31(40)16-22-36(30)38(37)29-14-19-33(20-15-29)42-32-17-12-27(13-18-32)9-6-5-7-24-39/h14-16,19,21-23,25-28,32-33,35,40H,3-13,17-18,20,24H2,1-2H3. The molecule has 4 aliphatic rings. The molecule has 3 atom stereocenters. The van der Waals surface area contributed by atoms with Gasteiger partial charge in [0.05, 0.1) is 25.5 Å². The number of benzene rings is 1. The Morgan fingerprint density at radius 2 is 1.83 bits per heavy atom. The molecular formula is C38H51FO3. The number of alkyl halides is 1. The van der Waals surface area contributed by atoms with Crippen LogP contribution in [0.3, 0.4) is 0 Å². The van der Waals surface area contributed by atoms with Crippen molar-refractivity contribution in [2.45, 2.75) is 110 Å². The molecule has 1 N–H and O–H groups in total. The lowest BCUT2D eigenvalue weighted by molar-refractivity contribution is -0.0149. The third-order valence-corrected chi connectivity index (χ3v) is 9.82. The van der Waals surface area contributed by atoms with E-state index in [9.17, 15) is 9.50 Å². The molecule has 228 valence electrons. The lowest BCUT2D eigenvalue weighted by Crippen LogP contribution is -2.26. The van der Waals surface area contributed by atoms with Crippen LogP contribution in [0.2, 0.25) is 0 Å². The second kappa shape index (κ2) is 15.2. The summed E-state index contributed by atoms with van der Waals surface area (Å²) in [6.45, 7) is 4.83. The fourth-order valence-corrected chi connectivity index (χ4v) is 7.59. The van der Waals surface area contributed by atoms with E-state index in [-0.39, 0.29) is 12.8 Å². The van der Waals surface area contributed by atoms with Crippen LogP contribution in [0.4, 0.5) is 4.39 Å². The van der Waals surface area contributed by atoms with Gasteiger partial charge in [-0.1, -0.05) is 62.1 Å². The van der Waals surface area contributed by atoms with E-state index >= 15 is 0 Å². The fraction of sp³-hybridized carbons (Fsp3) is 0.579. The molecule has 1 fully saturated rings. The van der Waals surface area contributed by atoms with Gasteiger partial charge < -0.3 is 14.6 Å². The molecule has 0 saturated heterocycles. The Morgan fingerprint density at radius 1 is 0.976 bits per heavy atom. The summed E-state index contributed by atoms with van der Waals surface area (Å²) in [6, 6.07) is 5.95. The third kappa shape index (κ3) is 7.67.